The van der Waals surface area contributed by atoms with Gasteiger partial charge in [-0.1, -0.05) is 60.7 Å². The van der Waals surface area contributed by atoms with Crippen molar-refractivity contribution in [2.45, 2.75) is 38.9 Å². The number of thiazole rings is 1. The number of fused-ring (bicyclic) bond motifs is 1. The molecule has 0 spiro atoms. The van der Waals surface area contributed by atoms with Gasteiger partial charge < -0.3 is 10.6 Å². The normalized spacial score (nSPS) is 15.7. The molecule has 6 nitrogen and oxygen atoms in total. The first kappa shape index (κ1) is 21.6. The summed E-state index contributed by atoms with van der Waals surface area (Å²) < 4.78 is 0. The number of carbonyl (C=O) groups is 1. The summed E-state index contributed by atoms with van der Waals surface area (Å²) in [6.45, 7) is 3.15. The van der Waals surface area contributed by atoms with Crippen molar-refractivity contribution in [1.29, 1.82) is 5.26 Å². The lowest BCUT2D eigenvalue weighted by Crippen LogP contribution is -2.43. The molecule has 1 atom stereocenters. The average molecular weight is 444 g/mol. The van der Waals surface area contributed by atoms with E-state index in [1.54, 1.807) is 11.1 Å². The Bertz CT molecular complexity index is 1110. The van der Waals surface area contributed by atoms with Crippen molar-refractivity contribution in [2.75, 3.05) is 10.6 Å². The minimum absolute atomic E-state index is 0.0510. The lowest BCUT2D eigenvalue weighted by atomic mass is 10.0. The van der Waals surface area contributed by atoms with E-state index in [2.05, 4.69) is 11.1 Å². The zero-order valence-electron chi connectivity index (χ0n) is 17.9. The first-order valence-electron chi connectivity index (χ1n) is 10.6. The molecule has 2 N–H and O–H groups in total. The Morgan fingerprint density at radius 1 is 1.19 bits per heavy atom. The van der Waals surface area contributed by atoms with Crippen molar-refractivity contribution in [3.8, 4) is 6.07 Å². The number of anilines is 2. The van der Waals surface area contributed by atoms with E-state index in [1.807, 2.05) is 72.5 Å². The molecule has 1 aromatic heterocycles. The van der Waals surface area contributed by atoms with Crippen LogP contribution in [0, 0.1) is 11.3 Å². The summed E-state index contributed by atoms with van der Waals surface area (Å²) >= 11 is 1.41. The molecule has 1 aliphatic rings. The van der Waals surface area contributed by atoms with Gasteiger partial charge in [0.2, 0.25) is 0 Å². The molecule has 162 valence electrons. The van der Waals surface area contributed by atoms with Crippen LogP contribution in [0.1, 0.15) is 29.3 Å². The van der Waals surface area contributed by atoms with E-state index >= 15 is 0 Å². The van der Waals surface area contributed by atoms with Gasteiger partial charge in [-0.25, -0.2) is 4.98 Å². The standard InChI is InChI=1S/C25H25N5OS/c1-18-12-13-22-23(28-25(27)32-22)30(18)24(31)21(14-26)17-29(15-19-8-4-2-5-9-19)16-20-10-6-3-7-11-20/h2-11,17-18H,12-13,15-16H2,1H3,(H2,27,28)/b21-17+. The summed E-state index contributed by atoms with van der Waals surface area (Å²) in [5.41, 5.74) is 8.20. The number of nitrogen functional groups attached to an aromatic ring is 1. The molecule has 2 aromatic carbocycles. The number of hydrogen-bond donors (Lipinski definition) is 1. The predicted octanol–water partition coefficient (Wildman–Crippen LogP) is 4.50. The van der Waals surface area contributed by atoms with Crippen LogP contribution >= 0.6 is 11.3 Å². The van der Waals surface area contributed by atoms with Crippen molar-refractivity contribution in [2.24, 2.45) is 0 Å². The number of nitrogens with two attached hydrogens (primary N) is 1. The zero-order chi connectivity index (χ0) is 22.5. The third kappa shape index (κ3) is 4.82. The van der Waals surface area contributed by atoms with Crippen LogP contribution < -0.4 is 10.6 Å². The summed E-state index contributed by atoms with van der Waals surface area (Å²) in [7, 11) is 0. The number of hydrogen-bond acceptors (Lipinski definition) is 6. The monoisotopic (exact) mass is 443 g/mol. The van der Waals surface area contributed by atoms with Gasteiger partial charge in [-0.05, 0) is 30.9 Å². The number of benzene rings is 2. The second-order valence-electron chi connectivity index (χ2n) is 7.89. The van der Waals surface area contributed by atoms with Gasteiger partial charge in [0.25, 0.3) is 5.91 Å². The molecule has 4 rings (SSSR count). The molecule has 0 fully saturated rings. The fourth-order valence-corrected chi connectivity index (χ4v) is 4.75. The highest BCUT2D eigenvalue weighted by Gasteiger charge is 2.33. The smallest absolute Gasteiger partial charge is 0.271 e. The second-order valence-corrected chi connectivity index (χ2v) is 9.01. The van der Waals surface area contributed by atoms with Crippen molar-refractivity contribution in [3.05, 3.63) is 88.4 Å². The van der Waals surface area contributed by atoms with Crippen LogP contribution in [0.15, 0.2) is 72.4 Å². The Labute approximate surface area is 192 Å². The second kappa shape index (κ2) is 9.67. The van der Waals surface area contributed by atoms with Crippen molar-refractivity contribution < 1.29 is 4.79 Å². The van der Waals surface area contributed by atoms with Crippen LogP contribution in [0.5, 0.6) is 0 Å². The number of carbonyl (C=O) groups excluding carboxylic acids is 1. The Kier molecular flexibility index (Phi) is 6.52. The Morgan fingerprint density at radius 3 is 2.34 bits per heavy atom. The SMILES string of the molecule is CC1CCc2sc(N)nc2N1C(=O)/C(C#N)=C/N(Cc1ccccc1)Cc1ccccc1. The van der Waals surface area contributed by atoms with E-state index < -0.39 is 0 Å². The highest BCUT2D eigenvalue weighted by molar-refractivity contribution is 7.15. The Morgan fingerprint density at radius 2 is 1.78 bits per heavy atom. The molecular weight excluding hydrogens is 418 g/mol. The van der Waals surface area contributed by atoms with E-state index in [1.165, 1.54) is 11.3 Å². The molecule has 0 saturated heterocycles. The third-order valence-electron chi connectivity index (χ3n) is 5.49. The molecule has 0 bridgehead atoms. The predicted molar refractivity (Wildman–Crippen MR) is 128 cm³/mol. The molecule has 2 heterocycles. The Balaban J connectivity index is 1.65. The van der Waals surface area contributed by atoms with Crippen molar-refractivity contribution in [3.63, 3.8) is 0 Å². The molecule has 0 saturated carbocycles. The van der Waals surface area contributed by atoms with E-state index in [9.17, 15) is 10.1 Å². The summed E-state index contributed by atoms with van der Waals surface area (Å²) in [4.78, 5) is 22.5. The highest BCUT2D eigenvalue weighted by Crippen LogP contribution is 2.36. The van der Waals surface area contributed by atoms with Gasteiger partial charge in [0, 0.05) is 25.3 Å². The number of rotatable bonds is 6. The molecule has 3 aromatic rings. The first-order chi connectivity index (χ1) is 15.5. The number of aromatic nitrogens is 1. The molecular formula is C25H25N5OS. The maximum absolute atomic E-state index is 13.5. The maximum Gasteiger partial charge on any atom is 0.271 e. The van der Waals surface area contributed by atoms with E-state index in [-0.39, 0.29) is 17.5 Å². The van der Waals surface area contributed by atoms with Crippen LogP contribution in [-0.2, 0) is 24.3 Å². The van der Waals surface area contributed by atoms with Crippen molar-refractivity contribution in [1.82, 2.24) is 9.88 Å². The number of nitrogens with zero attached hydrogens (tertiary/aromatic N) is 4. The molecule has 1 unspecified atom stereocenters. The summed E-state index contributed by atoms with van der Waals surface area (Å²) in [6, 6.07) is 22.1. The fourth-order valence-electron chi connectivity index (χ4n) is 3.91. The van der Waals surface area contributed by atoms with E-state index in [0.717, 1.165) is 28.8 Å². The average Bonchev–Trinajstić information content (AvgIpc) is 3.18. The summed E-state index contributed by atoms with van der Waals surface area (Å²) in [5.74, 6) is 0.257. The number of amides is 1. The quantitative estimate of drug-likeness (QED) is 0.448. The first-order valence-corrected chi connectivity index (χ1v) is 11.4. The minimum Gasteiger partial charge on any atom is -0.375 e. The van der Waals surface area contributed by atoms with Gasteiger partial charge in [-0.2, -0.15) is 5.26 Å². The number of aryl methyl sites for hydroxylation is 1. The van der Waals surface area contributed by atoms with Gasteiger partial charge in [0.1, 0.15) is 11.6 Å². The number of nitriles is 1. The molecule has 32 heavy (non-hydrogen) atoms. The summed E-state index contributed by atoms with van der Waals surface area (Å²) in [5, 5.41) is 10.4. The van der Waals surface area contributed by atoms with Gasteiger partial charge in [0.15, 0.2) is 10.9 Å². The van der Waals surface area contributed by atoms with Crippen LogP contribution in [0.3, 0.4) is 0 Å². The van der Waals surface area contributed by atoms with E-state index in [4.69, 9.17) is 5.73 Å². The van der Waals surface area contributed by atoms with Crippen LogP contribution in [0.4, 0.5) is 10.9 Å². The van der Waals surface area contributed by atoms with Gasteiger partial charge in [0.05, 0.1) is 4.88 Å². The van der Waals surface area contributed by atoms with Crippen LogP contribution in [-0.4, -0.2) is 21.8 Å². The fraction of sp³-hybridized carbons (Fsp3) is 0.240. The van der Waals surface area contributed by atoms with Crippen LogP contribution in [0.25, 0.3) is 0 Å². The largest absolute Gasteiger partial charge is 0.375 e. The molecule has 7 heteroatoms. The van der Waals surface area contributed by atoms with Gasteiger partial charge in [-0.3, -0.25) is 9.69 Å². The lowest BCUT2D eigenvalue weighted by Gasteiger charge is -2.32. The summed E-state index contributed by atoms with van der Waals surface area (Å²) in [6.07, 6.45) is 3.34. The maximum atomic E-state index is 13.5. The van der Waals surface area contributed by atoms with Crippen molar-refractivity contribution >= 4 is 28.2 Å². The topological polar surface area (TPSA) is 86.2 Å². The molecule has 0 radical (unpaired) electrons. The van der Waals surface area contributed by atoms with Crippen LogP contribution in [0.2, 0.25) is 0 Å². The van der Waals surface area contributed by atoms with Gasteiger partial charge >= 0.3 is 0 Å². The molecule has 1 aliphatic heterocycles. The van der Waals surface area contributed by atoms with E-state index in [0.29, 0.717) is 24.0 Å². The lowest BCUT2D eigenvalue weighted by molar-refractivity contribution is -0.115. The zero-order valence-corrected chi connectivity index (χ0v) is 18.8. The minimum atomic E-state index is -0.336. The highest BCUT2D eigenvalue weighted by atomic mass is 32.1. The molecule has 0 aliphatic carbocycles. The van der Waals surface area contributed by atoms with Gasteiger partial charge in [-0.15, -0.1) is 11.3 Å². The molecule has 1 amide bonds. The third-order valence-corrected chi connectivity index (χ3v) is 6.42. The Hall–Kier alpha value is -3.63.